The maximum atomic E-state index is 13.0. The molecule has 0 amide bonds. The first-order chi connectivity index (χ1) is 7.77. The van der Waals surface area contributed by atoms with E-state index in [4.69, 9.17) is 0 Å². The molecule has 88 valence electrons. The Hall–Kier alpha value is -1.22. The third kappa shape index (κ3) is 4.11. The highest BCUT2D eigenvalue weighted by molar-refractivity contribution is 5.15. The van der Waals surface area contributed by atoms with Gasteiger partial charge in [-0.1, -0.05) is 13.0 Å². The van der Waals surface area contributed by atoms with E-state index in [0.29, 0.717) is 0 Å². The summed E-state index contributed by atoms with van der Waals surface area (Å²) in [5.41, 5.74) is 0.922. The lowest BCUT2D eigenvalue weighted by Gasteiger charge is -2.17. The van der Waals surface area contributed by atoms with Crippen LogP contribution in [-0.2, 0) is 0 Å². The van der Waals surface area contributed by atoms with Crippen LogP contribution in [0.4, 0.5) is 4.39 Å². The second-order valence-electron chi connectivity index (χ2n) is 3.77. The van der Waals surface area contributed by atoms with Crippen molar-refractivity contribution in [1.82, 2.24) is 10.3 Å². The normalized spacial score (nSPS) is 12.4. The van der Waals surface area contributed by atoms with E-state index >= 15 is 0 Å². The van der Waals surface area contributed by atoms with E-state index in [1.807, 2.05) is 13.0 Å². The molecule has 0 bridgehead atoms. The lowest BCUT2D eigenvalue weighted by atomic mass is 10.0. The van der Waals surface area contributed by atoms with E-state index in [9.17, 15) is 4.39 Å². The smallest absolute Gasteiger partial charge is 0.141 e. The van der Waals surface area contributed by atoms with Gasteiger partial charge in [0.25, 0.3) is 0 Å². The molecule has 1 N–H and O–H groups in total. The highest BCUT2D eigenvalue weighted by atomic mass is 19.1. The van der Waals surface area contributed by atoms with Crippen molar-refractivity contribution in [3.8, 4) is 0 Å². The van der Waals surface area contributed by atoms with Crippen LogP contribution in [0.25, 0.3) is 0 Å². The fraction of sp³-hybridized carbons (Fsp3) is 0.462. The van der Waals surface area contributed by atoms with Crippen molar-refractivity contribution in [3.05, 3.63) is 42.5 Å². The second-order valence-corrected chi connectivity index (χ2v) is 3.77. The summed E-state index contributed by atoms with van der Waals surface area (Å²) < 4.78 is 13.0. The van der Waals surface area contributed by atoms with Crippen molar-refractivity contribution in [1.29, 1.82) is 0 Å². The number of unbranched alkanes of at least 4 members (excludes halogenated alkanes) is 1. The molecule has 0 radical (unpaired) electrons. The highest BCUT2D eigenvalue weighted by Gasteiger charge is 2.10. The Balaban J connectivity index is 2.64. The Morgan fingerprint density at radius 1 is 1.56 bits per heavy atom. The molecule has 1 rings (SSSR count). The van der Waals surface area contributed by atoms with Gasteiger partial charge in [-0.25, -0.2) is 4.39 Å². The van der Waals surface area contributed by atoms with E-state index in [1.165, 1.54) is 6.20 Å². The standard InChI is InChI=1S/C13H19FN2/c1-3-5-6-7-13(16-4-2)11-8-12(14)10-15-9-11/h3,8-10,13,16H,1,4-7H2,2H3. The fourth-order valence-corrected chi connectivity index (χ4v) is 1.72. The zero-order valence-electron chi connectivity index (χ0n) is 9.75. The summed E-state index contributed by atoms with van der Waals surface area (Å²) in [6, 6.07) is 1.74. The molecule has 0 fully saturated rings. The predicted molar refractivity (Wildman–Crippen MR) is 64.7 cm³/mol. The Kier molecular flexibility index (Phi) is 5.72. The van der Waals surface area contributed by atoms with E-state index in [2.05, 4.69) is 16.9 Å². The van der Waals surface area contributed by atoms with Gasteiger partial charge in [-0.3, -0.25) is 4.98 Å². The van der Waals surface area contributed by atoms with Crippen LogP contribution in [0.1, 0.15) is 37.8 Å². The summed E-state index contributed by atoms with van der Waals surface area (Å²) in [6.07, 6.45) is 7.89. The maximum Gasteiger partial charge on any atom is 0.141 e. The molecule has 0 aliphatic heterocycles. The average molecular weight is 222 g/mol. The molecule has 0 aliphatic carbocycles. The van der Waals surface area contributed by atoms with Gasteiger partial charge in [-0.05, 0) is 37.4 Å². The molecule has 1 unspecified atom stereocenters. The van der Waals surface area contributed by atoms with Crippen LogP contribution in [0.15, 0.2) is 31.1 Å². The SMILES string of the molecule is C=CCCCC(NCC)c1cncc(F)c1. The van der Waals surface area contributed by atoms with Gasteiger partial charge < -0.3 is 5.32 Å². The van der Waals surface area contributed by atoms with Crippen LogP contribution in [0.5, 0.6) is 0 Å². The molecule has 1 aromatic rings. The third-order valence-corrected chi connectivity index (χ3v) is 2.48. The number of hydrogen-bond donors (Lipinski definition) is 1. The van der Waals surface area contributed by atoms with Gasteiger partial charge in [0, 0.05) is 12.2 Å². The lowest BCUT2D eigenvalue weighted by Crippen LogP contribution is -2.21. The molecule has 1 atom stereocenters. The quantitative estimate of drug-likeness (QED) is 0.566. The summed E-state index contributed by atoms with van der Waals surface area (Å²) in [5, 5.41) is 3.34. The van der Waals surface area contributed by atoms with Crippen LogP contribution in [-0.4, -0.2) is 11.5 Å². The van der Waals surface area contributed by atoms with Gasteiger partial charge in [0.1, 0.15) is 5.82 Å². The van der Waals surface area contributed by atoms with Gasteiger partial charge in [0.05, 0.1) is 6.20 Å². The Morgan fingerprint density at radius 2 is 2.38 bits per heavy atom. The fourth-order valence-electron chi connectivity index (χ4n) is 1.72. The Morgan fingerprint density at radius 3 is 3.00 bits per heavy atom. The molecule has 2 nitrogen and oxygen atoms in total. The lowest BCUT2D eigenvalue weighted by molar-refractivity contribution is 0.494. The topological polar surface area (TPSA) is 24.9 Å². The van der Waals surface area contributed by atoms with Crippen LogP contribution >= 0.6 is 0 Å². The van der Waals surface area contributed by atoms with E-state index in [1.54, 1.807) is 12.3 Å². The van der Waals surface area contributed by atoms with Crippen molar-refractivity contribution in [2.24, 2.45) is 0 Å². The number of nitrogens with zero attached hydrogens (tertiary/aromatic N) is 1. The predicted octanol–water partition coefficient (Wildman–Crippen LogP) is 3.23. The number of aromatic nitrogens is 1. The molecular formula is C13H19FN2. The number of halogens is 1. The zero-order valence-corrected chi connectivity index (χ0v) is 9.75. The summed E-state index contributed by atoms with van der Waals surface area (Å²) >= 11 is 0. The van der Waals surface area contributed by atoms with E-state index < -0.39 is 0 Å². The largest absolute Gasteiger partial charge is 0.310 e. The van der Waals surface area contributed by atoms with Gasteiger partial charge >= 0.3 is 0 Å². The van der Waals surface area contributed by atoms with Crippen molar-refractivity contribution < 1.29 is 4.39 Å². The van der Waals surface area contributed by atoms with Gasteiger partial charge in [0.2, 0.25) is 0 Å². The van der Waals surface area contributed by atoms with Crippen molar-refractivity contribution in [3.63, 3.8) is 0 Å². The second kappa shape index (κ2) is 7.12. The van der Waals surface area contributed by atoms with Gasteiger partial charge in [0.15, 0.2) is 0 Å². The van der Waals surface area contributed by atoms with Crippen molar-refractivity contribution >= 4 is 0 Å². The molecule has 16 heavy (non-hydrogen) atoms. The molecule has 1 aromatic heterocycles. The van der Waals surface area contributed by atoms with Crippen LogP contribution < -0.4 is 5.32 Å². The first kappa shape index (κ1) is 12.8. The number of rotatable bonds is 7. The molecule has 3 heteroatoms. The number of allylic oxidation sites excluding steroid dienone is 1. The summed E-state index contributed by atoms with van der Waals surface area (Å²) in [6.45, 7) is 6.62. The minimum Gasteiger partial charge on any atom is -0.310 e. The first-order valence-electron chi connectivity index (χ1n) is 5.72. The number of hydrogen-bond acceptors (Lipinski definition) is 2. The molecule has 1 heterocycles. The Labute approximate surface area is 96.6 Å². The molecule has 0 saturated heterocycles. The molecule has 0 aromatic carbocycles. The summed E-state index contributed by atoms with van der Waals surface area (Å²) in [5.74, 6) is -0.274. The van der Waals surface area contributed by atoms with E-state index in [0.717, 1.165) is 31.4 Å². The molecular weight excluding hydrogens is 203 g/mol. The number of nitrogens with one attached hydrogen (secondary N) is 1. The zero-order chi connectivity index (χ0) is 11.8. The molecule has 0 saturated carbocycles. The Bertz CT molecular complexity index is 325. The molecule has 0 aliphatic rings. The maximum absolute atomic E-state index is 13.0. The first-order valence-corrected chi connectivity index (χ1v) is 5.72. The van der Waals surface area contributed by atoms with Crippen LogP contribution in [0, 0.1) is 5.82 Å². The average Bonchev–Trinajstić information content (AvgIpc) is 2.28. The molecule has 0 spiro atoms. The highest BCUT2D eigenvalue weighted by Crippen LogP contribution is 2.19. The summed E-state index contributed by atoms with van der Waals surface area (Å²) in [4.78, 5) is 3.88. The van der Waals surface area contributed by atoms with Crippen molar-refractivity contribution in [2.45, 2.75) is 32.2 Å². The van der Waals surface area contributed by atoms with Crippen molar-refractivity contribution in [2.75, 3.05) is 6.54 Å². The van der Waals surface area contributed by atoms with Crippen LogP contribution in [0.2, 0.25) is 0 Å². The minimum absolute atomic E-state index is 0.188. The van der Waals surface area contributed by atoms with Crippen LogP contribution in [0.3, 0.4) is 0 Å². The van der Waals surface area contributed by atoms with Gasteiger partial charge in [-0.15, -0.1) is 6.58 Å². The van der Waals surface area contributed by atoms with Gasteiger partial charge in [-0.2, -0.15) is 0 Å². The minimum atomic E-state index is -0.274. The monoisotopic (exact) mass is 222 g/mol. The van der Waals surface area contributed by atoms with E-state index in [-0.39, 0.29) is 11.9 Å². The summed E-state index contributed by atoms with van der Waals surface area (Å²) in [7, 11) is 0. The number of pyridine rings is 1. The third-order valence-electron chi connectivity index (χ3n) is 2.48.